The number of benzene rings is 1. The second-order valence-corrected chi connectivity index (χ2v) is 6.02. The number of carbonyl (C=O) groups is 1. The number of nitrogens with zero attached hydrogens (tertiary/aromatic N) is 1. The van der Waals surface area contributed by atoms with Crippen LogP contribution in [0.4, 0.5) is 5.69 Å². The van der Waals surface area contributed by atoms with E-state index >= 15 is 0 Å². The minimum absolute atomic E-state index is 0.246. The lowest BCUT2D eigenvalue weighted by atomic mass is 10.1. The molecule has 1 heterocycles. The van der Waals surface area contributed by atoms with Gasteiger partial charge in [-0.05, 0) is 12.5 Å². The quantitative estimate of drug-likeness (QED) is 0.793. The van der Waals surface area contributed by atoms with Crippen LogP contribution in [0.5, 0.6) is 5.75 Å². The molecule has 5 nitrogen and oxygen atoms in total. The minimum atomic E-state index is -0.246. The molecule has 0 aliphatic heterocycles. The minimum Gasteiger partial charge on any atom is -0.496 e. The summed E-state index contributed by atoms with van der Waals surface area (Å²) in [5.74, 6) is 0.158. The van der Waals surface area contributed by atoms with Crippen molar-refractivity contribution in [1.82, 2.24) is 10.3 Å². The van der Waals surface area contributed by atoms with E-state index < -0.39 is 0 Å². The average molecular weight is 340 g/mol. The Bertz CT molecular complexity index is 673. The van der Waals surface area contributed by atoms with Gasteiger partial charge in [-0.25, -0.2) is 4.98 Å². The monoisotopic (exact) mass is 339 g/mol. The van der Waals surface area contributed by atoms with Crippen molar-refractivity contribution in [2.75, 3.05) is 19.4 Å². The average Bonchev–Trinajstić information content (AvgIpc) is 2.97. The van der Waals surface area contributed by atoms with E-state index in [1.165, 1.54) is 13.2 Å². The summed E-state index contributed by atoms with van der Waals surface area (Å²) in [7, 11) is 1.49. The molecule has 3 N–H and O–H groups in total. The maximum Gasteiger partial charge on any atom is 0.255 e. The summed E-state index contributed by atoms with van der Waals surface area (Å²) in [6.45, 7) is 2.57. The zero-order valence-electron chi connectivity index (χ0n) is 12.5. The predicted octanol–water partition coefficient (Wildman–Crippen LogP) is 2.92. The maximum atomic E-state index is 12.2. The van der Waals surface area contributed by atoms with Crippen molar-refractivity contribution in [2.24, 2.45) is 0 Å². The first kappa shape index (κ1) is 16.6. The van der Waals surface area contributed by atoms with Crippen LogP contribution in [0.2, 0.25) is 5.02 Å². The predicted molar refractivity (Wildman–Crippen MR) is 89.9 cm³/mol. The number of rotatable bonds is 6. The van der Waals surface area contributed by atoms with Crippen LogP contribution in [0.1, 0.15) is 28.0 Å². The molecule has 1 aromatic heterocycles. The molecule has 0 fully saturated rings. The van der Waals surface area contributed by atoms with Gasteiger partial charge in [0.25, 0.3) is 5.91 Å². The van der Waals surface area contributed by atoms with Crippen molar-refractivity contribution in [3.05, 3.63) is 38.8 Å². The van der Waals surface area contributed by atoms with Gasteiger partial charge >= 0.3 is 0 Å². The first-order valence-electron chi connectivity index (χ1n) is 6.89. The lowest BCUT2D eigenvalue weighted by molar-refractivity contribution is 0.0951. The Morgan fingerprint density at radius 3 is 2.91 bits per heavy atom. The molecule has 7 heteroatoms. The molecule has 1 aromatic carbocycles. The summed E-state index contributed by atoms with van der Waals surface area (Å²) < 4.78 is 5.17. The van der Waals surface area contributed by atoms with Crippen molar-refractivity contribution >= 4 is 34.5 Å². The number of aromatic nitrogens is 1. The van der Waals surface area contributed by atoms with Crippen LogP contribution < -0.4 is 15.8 Å². The van der Waals surface area contributed by atoms with E-state index in [9.17, 15) is 4.79 Å². The van der Waals surface area contributed by atoms with Crippen LogP contribution in [0.3, 0.4) is 0 Å². The molecule has 0 bridgehead atoms. The molecular formula is C15H18ClN3O2S. The largest absolute Gasteiger partial charge is 0.496 e. The second-order valence-electron chi connectivity index (χ2n) is 4.67. The fraction of sp³-hybridized carbons (Fsp3) is 0.333. The van der Waals surface area contributed by atoms with E-state index in [-0.39, 0.29) is 5.91 Å². The Labute approximate surface area is 138 Å². The summed E-state index contributed by atoms with van der Waals surface area (Å²) in [5, 5.41) is 6.30. The summed E-state index contributed by atoms with van der Waals surface area (Å²) in [4.78, 5) is 16.7. The van der Waals surface area contributed by atoms with E-state index in [2.05, 4.69) is 17.2 Å². The van der Waals surface area contributed by atoms with Crippen LogP contribution in [0.15, 0.2) is 17.5 Å². The molecule has 2 aromatic rings. The van der Waals surface area contributed by atoms with E-state index in [1.807, 2.05) is 5.38 Å². The number of ether oxygens (including phenoxy) is 1. The van der Waals surface area contributed by atoms with Crippen molar-refractivity contribution in [3.63, 3.8) is 0 Å². The Balaban J connectivity index is 1.98. The van der Waals surface area contributed by atoms with Gasteiger partial charge < -0.3 is 15.8 Å². The number of nitrogens with two attached hydrogens (primary N) is 1. The van der Waals surface area contributed by atoms with E-state index in [0.717, 1.165) is 17.1 Å². The van der Waals surface area contributed by atoms with E-state index in [0.29, 0.717) is 35.0 Å². The summed E-state index contributed by atoms with van der Waals surface area (Å²) in [5.41, 5.74) is 7.45. The van der Waals surface area contributed by atoms with Crippen molar-refractivity contribution in [2.45, 2.75) is 19.8 Å². The highest BCUT2D eigenvalue weighted by atomic mass is 35.5. The first-order chi connectivity index (χ1) is 10.5. The molecule has 0 aliphatic carbocycles. The van der Waals surface area contributed by atoms with Crippen molar-refractivity contribution < 1.29 is 9.53 Å². The third-order valence-corrected chi connectivity index (χ3v) is 4.50. The zero-order chi connectivity index (χ0) is 16.1. The number of hydrogen-bond acceptors (Lipinski definition) is 5. The third-order valence-electron chi connectivity index (χ3n) is 3.13. The molecule has 0 unspecified atom stereocenters. The number of thiazole rings is 1. The third kappa shape index (κ3) is 3.90. The summed E-state index contributed by atoms with van der Waals surface area (Å²) in [6.07, 6.45) is 1.62. The SMILES string of the molecule is CCc1nc(CCNC(=O)c2cc(Cl)c(N)cc2OC)cs1. The Morgan fingerprint density at radius 1 is 1.50 bits per heavy atom. The smallest absolute Gasteiger partial charge is 0.255 e. The highest BCUT2D eigenvalue weighted by Gasteiger charge is 2.14. The molecule has 0 spiro atoms. The van der Waals surface area contributed by atoms with Gasteiger partial charge in [0.2, 0.25) is 0 Å². The number of aryl methyl sites for hydroxylation is 1. The first-order valence-corrected chi connectivity index (χ1v) is 8.15. The zero-order valence-corrected chi connectivity index (χ0v) is 14.1. The van der Waals surface area contributed by atoms with Gasteiger partial charge in [-0.2, -0.15) is 0 Å². The van der Waals surface area contributed by atoms with Gasteiger partial charge in [0.15, 0.2) is 0 Å². The molecule has 22 heavy (non-hydrogen) atoms. The van der Waals surface area contributed by atoms with Gasteiger partial charge in [0.1, 0.15) is 5.75 Å². The molecule has 2 rings (SSSR count). The van der Waals surface area contributed by atoms with E-state index in [1.54, 1.807) is 17.4 Å². The number of amides is 1. The number of hydrogen-bond donors (Lipinski definition) is 2. The Morgan fingerprint density at radius 2 is 2.27 bits per heavy atom. The molecule has 0 atom stereocenters. The lowest BCUT2D eigenvalue weighted by Gasteiger charge is -2.11. The van der Waals surface area contributed by atoms with Crippen LogP contribution in [0, 0.1) is 0 Å². The topological polar surface area (TPSA) is 77.2 Å². The van der Waals surface area contributed by atoms with Crippen molar-refractivity contribution in [1.29, 1.82) is 0 Å². The Hall–Kier alpha value is -1.79. The highest BCUT2D eigenvalue weighted by molar-refractivity contribution is 7.09. The highest BCUT2D eigenvalue weighted by Crippen LogP contribution is 2.28. The Kier molecular flexibility index (Phi) is 5.63. The lowest BCUT2D eigenvalue weighted by Crippen LogP contribution is -2.26. The van der Waals surface area contributed by atoms with Gasteiger partial charge in [-0.1, -0.05) is 18.5 Å². The fourth-order valence-corrected chi connectivity index (χ4v) is 2.88. The number of nitrogen functional groups attached to an aromatic ring is 1. The molecule has 118 valence electrons. The number of carbonyl (C=O) groups excluding carboxylic acids is 1. The summed E-state index contributed by atoms with van der Waals surface area (Å²) >= 11 is 7.61. The van der Waals surface area contributed by atoms with Gasteiger partial charge in [0, 0.05) is 24.4 Å². The molecule has 0 saturated carbocycles. The van der Waals surface area contributed by atoms with Crippen LogP contribution in [-0.2, 0) is 12.8 Å². The number of anilines is 1. The summed E-state index contributed by atoms with van der Waals surface area (Å²) in [6, 6.07) is 3.06. The van der Waals surface area contributed by atoms with Gasteiger partial charge in [0.05, 0.1) is 34.1 Å². The maximum absolute atomic E-state index is 12.2. The van der Waals surface area contributed by atoms with Gasteiger partial charge in [-0.15, -0.1) is 11.3 Å². The number of nitrogens with one attached hydrogen (secondary N) is 1. The molecular weight excluding hydrogens is 322 g/mol. The molecule has 0 saturated heterocycles. The van der Waals surface area contributed by atoms with Crippen LogP contribution in [0.25, 0.3) is 0 Å². The van der Waals surface area contributed by atoms with Crippen LogP contribution >= 0.6 is 22.9 Å². The van der Waals surface area contributed by atoms with Crippen LogP contribution in [-0.4, -0.2) is 24.5 Å². The van der Waals surface area contributed by atoms with Crippen molar-refractivity contribution in [3.8, 4) is 5.75 Å². The number of methoxy groups -OCH3 is 1. The molecule has 1 amide bonds. The van der Waals surface area contributed by atoms with E-state index in [4.69, 9.17) is 22.1 Å². The van der Waals surface area contributed by atoms with Gasteiger partial charge in [-0.3, -0.25) is 4.79 Å². The second kappa shape index (κ2) is 7.47. The normalized spacial score (nSPS) is 10.5. The molecule has 0 radical (unpaired) electrons. The standard InChI is InChI=1S/C15H18ClN3O2S/c1-3-14-19-9(8-22-14)4-5-18-15(20)10-6-11(16)12(17)7-13(10)21-2/h6-8H,3-5,17H2,1-2H3,(H,18,20). The number of halogens is 1. The fourth-order valence-electron chi connectivity index (χ4n) is 1.94. The molecule has 0 aliphatic rings.